The highest BCUT2D eigenvalue weighted by Gasteiger charge is 2.16. The molecular formula is C13H14N4O4S. The van der Waals surface area contributed by atoms with Crippen molar-refractivity contribution in [2.45, 2.75) is 30.5 Å². The lowest BCUT2D eigenvalue weighted by Crippen LogP contribution is -2.30. The van der Waals surface area contributed by atoms with Crippen LogP contribution in [0.15, 0.2) is 33.8 Å². The second kappa shape index (κ2) is 7.03. The van der Waals surface area contributed by atoms with Crippen molar-refractivity contribution in [3.05, 3.63) is 45.8 Å². The SMILES string of the molecule is Cc1nonc1CNC(=O)[C@@H](C)Sc1ccc([N+](=O)[O-])cc1. The van der Waals surface area contributed by atoms with E-state index in [2.05, 4.69) is 20.3 Å². The van der Waals surface area contributed by atoms with Crippen LogP contribution in [0, 0.1) is 17.0 Å². The summed E-state index contributed by atoms with van der Waals surface area (Å²) >= 11 is 1.32. The second-order valence-electron chi connectivity index (χ2n) is 4.53. The molecule has 0 fully saturated rings. The molecule has 2 rings (SSSR count). The van der Waals surface area contributed by atoms with Gasteiger partial charge in [0.25, 0.3) is 5.69 Å². The summed E-state index contributed by atoms with van der Waals surface area (Å²) in [4.78, 5) is 22.9. The van der Waals surface area contributed by atoms with E-state index in [1.807, 2.05) is 0 Å². The first kappa shape index (κ1) is 16.0. The molecule has 1 atom stereocenters. The Hall–Kier alpha value is -2.42. The van der Waals surface area contributed by atoms with Gasteiger partial charge in [-0.3, -0.25) is 14.9 Å². The van der Waals surface area contributed by atoms with Crippen molar-refractivity contribution in [1.82, 2.24) is 15.6 Å². The van der Waals surface area contributed by atoms with Crippen LogP contribution in [0.1, 0.15) is 18.3 Å². The fourth-order valence-corrected chi connectivity index (χ4v) is 2.52. The van der Waals surface area contributed by atoms with Gasteiger partial charge in [0.1, 0.15) is 11.4 Å². The molecule has 1 amide bonds. The monoisotopic (exact) mass is 322 g/mol. The summed E-state index contributed by atoms with van der Waals surface area (Å²) in [7, 11) is 0. The zero-order chi connectivity index (χ0) is 16.1. The predicted molar refractivity (Wildman–Crippen MR) is 79.3 cm³/mol. The Bertz CT molecular complexity index is 671. The standard InChI is InChI=1S/C13H14N4O4S/c1-8-12(16-21-15-8)7-14-13(18)9(2)22-11-5-3-10(4-6-11)17(19)20/h3-6,9H,7H2,1-2H3,(H,14,18)/t9-/m1/s1. The summed E-state index contributed by atoms with van der Waals surface area (Å²) in [6, 6.07) is 6.07. The fourth-order valence-electron chi connectivity index (χ4n) is 1.63. The van der Waals surface area contributed by atoms with Crippen LogP contribution < -0.4 is 5.32 Å². The van der Waals surface area contributed by atoms with E-state index in [0.29, 0.717) is 11.4 Å². The maximum absolute atomic E-state index is 12.0. The Kier molecular flexibility index (Phi) is 5.10. The lowest BCUT2D eigenvalue weighted by atomic mass is 10.3. The zero-order valence-corrected chi connectivity index (χ0v) is 12.8. The fraction of sp³-hybridized carbons (Fsp3) is 0.308. The number of nitro groups is 1. The second-order valence-corrected chi connectivity index (χ2v) is 5.94. The molecule has 1 N–H and O–H groups in total. The van der Waals surface area contributed by atoms with Gasteiger partial charge in [-0.1, -0.05) is 10.3 Å². The average Bonchev–Trinajstić information content (AvgIpc) is 2.90. The third kappa shape index (κ3) is 4.04. The Morgan fingerprint density at radius 3 is 2.64 bits per heavy atom. The minimum absolute atomic E-state index is 0.0236. The molecule has 1 aromatic carbocycles. The average molecular weight is 322 g/mol. The number of nitrogens with one attached hydrogen (secondary N) is 1. The molecule has 2 aromatic rings. The number of thioether (sulfide) groups is 1. The van der Waals surface area contributed by atoms with Crippen molar-refractivity contribution in [2.24, 2.45) is 0 Å². The van der Waals surface area contributed by atoms with Gasteiger partial charge in [0.15, 0.2) is 0 Å². The van der Waals surface area contributed by atoms with E-state index in [-0.39, 0.29) is 23.4 Å². The molecule has 116 valence electrons. The van der Waals surface area contributed by atoms with E-state index in [4.69, 9.17) is 0 Å². The highest BCUT2D eigenvalue weighted by Crippen LogP contribution is 2.25. The van der Waals surface area contributed by atoms with Crippen LogP contribution >= 0.6 is 11.8 Å². The largest absolute Gasteiger partial charge is 0.349 e. The summed E-state index contributed by atoms with van der Waals surface area (Å²) in [5, 5.41) is 20.3. The Morgan fingerprint density at radius 2 is 2.09 bits per heavy atom. The molecule has 1 aromatic heterocycles. The molecule has 0 radical (unpaired) electrons. The third-order valence-corrected chi connectivity index (χ3v) is 4.02. The van der Waals surface area contributed by atoms with Gasteiger partial charge in [-0.15, -0.1) is 11.8 Å². The summed E-state index contributed by atoms with van der Waals surface area (Å²) in [5.74, 6) is -0.161. The summed E-state index contributed by atoms with van der Waals surface area (Å²) < 4.78 is 4.55. The number of nitrogens with zero attached hydrogens (tertiary/aromatic N) is 3. The van der Waals surface area contributed by atoms with Crippen LogP contribution in [0.3, 0.4) is 0 Å². The van der Waals surface area contributed by atoms with Crippen LogP contribution in [-0.4, -0.2) is 26.4 Å². The minimum atomic E-state index is -0.459. The van der Waals surface area contributed by atoms with E-state index < -0.39 is 4.92 Å². The topological polar surface area (TPSA) is 111 Å². The first-order valence-corrected chi connectivity index (χ1v) is 7.32. The van der Waals surface area contributed by atoms with E-state index in [1.165, 1.54) is 23.9 Å². The van der Waals surface area contributed by atoms with Crippen LogP contribution in [0.25, 0.3) is 0 Å². The number of amides is 1. The molecule has 0 bridgehead atoms. The van der Waals surface area contributed by atoms with E-state index in [9.17, 15) is 14.9 Å². The Morgan fingerprint density at radius 1 is 1.41 bits per heavy atom. The van der Waals surface area contributed by atoms with Gasteiger partial charge < -0.3 is 5.32 Å². The van der Waals surface area contributed by atoms with Crippen molar-refractivity contribution >= 4 is 23.4 Å². The number of hydrogen-bond acceptors (Lipinski definition) is 7. The smallest absolute Gasteiger partial charge is 0.269 e. The normalized spacial score (nSPS) is 11.9. The zero-order valence-electron chi connectivity index (χ0n) is 12.0. The predicted octanol–water partition coefficient (Wildman–Crippen LogP) is 2.08. The van der Waals surface area contributed by atoms with Crippen molar-refractivity contribution in [2.75, 3.05) is 0 Å². The van der Waals surface area contributed by atoms with Crippen molar-refractivity contribution in [1.29, 1.82) is 0 Å². The van der Waals surface area contributed by atoms with Crippen LogP contribution in [0.5, 0.6) is 0 Å². The van der Waals surface area contributed by atoms with Gasteiger partial charge in [-0.2, -0.15) is 0 Å². The highest BCUT2D eigenvalue weighted by atomic mass is 32.2. The number of carbonyl (C=O) groups is 1. The molecule has 0 unspecified atom stereocenters. The summed E-state index contributed by atoms with van der Waals surface area (Å²) in [6.07, 6.45) is 0. The van der Waals surface area contributed by atoms with Gasteiger partial charge >= 0.3 is 0 Å². The lowest BCUT2D eigenvalue weighted by Gasteiger charge is -2.11. The minimum Gasteiger partial charge on any atom is -0.349 e. The molecule has 0 aliphatic rings. The lowest BCUT2D eigenvalue weighted by molar-refractivity contribution is -0.384. The van der Waals surface area contributed by atoms with E-state index in [0.717, 1.165) is 4.90 Å². The van der Waals surface area contributed by atoms with Crippen molar-refractivity contribution in [3.63, 3.8) is 0 Å². The van der Waals surface area contributed by atoms with Gasteiger partial charge in [0, 0.05) is 17.0 Å². The maximum atomic E-state index is 12.0. The number of aromatic nitrogens is 2. The molecule has 9 heteroatoms. The van der Waals surface area contributed by atoms with Gasteiger partial charge in [0.05, 0.1) is 16.7 Å². The van der Waals surface area contributed by atoms with Gasteiger partial charge in [-0.05, 0) is 26.0 Å². The molecule has 1 heterocycles. The molecule has 0 saturated heterocycles. The Balaban J connectivity index is 1.88. The first-order chi connectivity index (χ1) is 10.5. The highest BCUT2D eigenvalue weighted by molar-refractivity contribution is 8.00. The molecule has 0 aliphatic carbocycles. The Labute approximate surface area is 130 Å². The molecular weight excluding hydrogens is 308 g/mol. The molecule has 0 spiro atoms. The van der Waals surface area contributed by atoms with Crippen LogP contribution in [0.4, 0.5) is 5.69 Å². The van der Waals surface area contributed by atoms with Crippen molar-refractivity contribution in [3.8, 4) is 0 Å². The summed E-state index contributed by atoms with van der Waals surface area (Å²) in [5.41, 5.74) is 1.24. The number of benzene rings is 1. The number of rotatable bonds is 6. The van der Waals surface area contributed by atoms with Crippen LogP contribution in [0.2, 0.25) is 0 Å². The van der Waals surface area contributed by atoms with Gasteiger partial charge in [0.2, 0.25) is 5.91 Å². The van der Waals surface area contributed by atoms with E-state index >= 15 is 0 Å². The summed E-state index contributed by atoms with van der Waals surface area (Å²) in [6.45, 7) is 3.75. The third-order valence-electron chi connectivity index (χ3n) is 2.91. The number of aryl methyl sites for hydroxylation is 1. The molecule has 0 aliphatic heterocycles. The first-order valence-electron chi connectivity index (χ1n) is 6.44. The molecule has 8 nitrogen and oxygen atoms in total. The van der Waals surface area contributed by atoms with Crippen LogP contribution in [-0.2, 0) is 11.3 Å². The maximum Gasteiger partial charge on any atom is 0.269 e. The number of hydrogen-bond donors (Lipinski definition) is 1. The number of non-ortho nitro benzene ring substituents is 1. The quantitative estimate of drug-likeness (QED) is 0.492. The van der Waals surface area contributed by atoms with Gasteiger partial charge in [-0.25, -0.2) is 4.63 Å². The number of carbonyl (C=O) groups excluding carboxylic acids is 1. The molecule has 0 saturated carbocycles. The molecule has 22 heavy (non-hydrogen) atoms. The van der Waals surface area contributed by atoms with Crippen molar-refractivity contribution < 1.29 is 14.3 Å². The number of nitro benzene ring substituents is 1. The van der Waals surface area contributed by atoms with E-state index in [1.54, 1.807) is 26.0 Å².